The quantitative estimate of drug-likeness (QED) is 0.653. The number of amides is 1. The van der Waals surface area contributed by atoms with Gasteiger partial charge in [-0.05, 0) is 6.42 Å². The molecular weight excluding hydrogens is 253 g/mol. The number of anilines is 1. The fraction of sp³-hybridized carbons (Fsp3) is 0.444. The first-order valence-corrected chi connectivity index (χ1v) is 5.44. The van der Waals surface area contributed by atoms with Crippen LogP contribution in [0, 0.1) is 0 Å². The Kier molecular flexibility index (Phi) is 5.45. The van der Waals surface area contributed by atoms with Crippen molar-refractivity contribution in [2.45, 2.75) is 13.3 Å². The molecule has 0 unspecified atom stereocenters. The van der Waals surface area contributed by atoms with E-state index >= 15 is 0 Å². The third-order valence-electron chi connectivity index (χ3n) is 1.60. The summed E-state index contributed by atoms with van der Waals surface area (Å²) in [6.45, 7) is 2.44. The fourth-order valence-electron chi connectivity index (χ4n) is 0.932. The molecule has 1 heterocycles. The van der Waals surface area contributed by atoms with Gasteiger partial charge in [-0.3, -0.25) is 4.79 Å². The van der Waals surface area contributed by atoms with Crippen molar-refractivity contribution < 1.29 is 9.53 Å². The predicted molar refractivity (Wildman–Crippen MR) is 61.8 cm³/mol. The van der Waals surface area contributed by atoms with Crippen LogP contribution in [-0.4, -0.2) is 29.1 Å². The van der Waals surface area contributed by atoms with Gasteiger partial charge in [0.1, 0.15) is 18.6 Å². The van der Waals surface area contributed by atoms with Crippen LogP contribution in [-0.2, 0) is 9.53 Å². The van der Waals surface area contributed by atoms with E-state index in [1.807, 2.05) is 6.92 Å². The second-order valence-corrected chi connectivity index (χ2v) is 3.65. The zero-order valence-electron chi connectivity index (χ0n) is 8.67. The maximum absolute atomic E-state index is 11.4. The van der Waals surface area contributed by atoms with Gasteiger partial charge in [0.15, 0.2) is 10.3 Å². The second-order valence-electron chi connectivity index (χ2n) is 2.93. The predicted octanol–water partition coefficient (Wildman–Crippen LogP) is 2.15. The molecule has 5 nitrogen and oxygen atoms in total. The lowest BCUT2D eigenvalue weighted by molar-refractivity contribution is -0.120. The molecule has 1 N–H and O–H groups in total. The minimum atomic E-state index is -0.341. The third-order valence-corrected chi connectivity index (χ3v) is 2.17. The zero-order valence-corrected chi connectivity index (χ0v) is 10.2. The number of ether oxygens (including phenoxy) is 1. The monoisotopic (exact) mass is 263 g/mol. The standard InChI is InChI=1S/C9H11Cl2N3O2/c1-2-3-16-4-6(15)14-7-8(10)12-5-13-9(7)11/h5H,2-4H2,1H3,(H,14,15). The summed E-state index contributed by atoms with van der Waals surface area (Å²) in [6, 6.07) is 0. The fourth-order valence-corrected chi connectivity index (χ4v) is 1.34. The molecule has 0 aliphatic rings. The van der Waals surface area contributed by atoms with Crippen molar-refractivity contribution in [2.24, 2.45) is 0 Å². The molecule has 0 aliphatic heterocycles. The van der Waals surface area contributed by atoms with E-state index in [0.717, 1.165) is 6.42 Å². The molecule has 0 saturated carbocycles. The first-order chi connectivity index (χ1) is 7.65. The Morgan fingerprint density at radius 3 is 2.62 bits per heavy atom. The first kappa shape index (κ1) is 13.2. The van der Waals surface area contributed by atoms with Crippen LogP contribution in [0.15, 0.2) is 6.33 Å². The van der Waals surface area contributed by atoms with Crippen LogP contribution in [0.1, 0.15) is 13.3 Å². The highest BCUT2D eigenvalue weighted by atomic mass is 35.5. The van der Waals surface area contributed by atoms with Crippen LogP contribution >= 0.6 is 23.2 Å². The Labute approximate surface area is 103 Å². The van der Waals surface area contributed by atoms with Crippen LogP contribution in [0.2, 0.25) is 10.3 Å². The first-order valence-electron chi connectivity index (χ1n) is 4.68. The number of nitrogens with zero attached hydrogens (tertiary/aromatic N) is 2. The van der Waals surface area contributed by atoms with Gasteiger partial charge in [0, 0.05) is 6.61 Å². The maximum Gasteiger partial charge on any atom is 0.250 e. The van der Waals surface area contributed by atoms with Gasteiger partial charge in [-0.2, -0.15) is 0 Å². The molecule has 0 aromatic carbocycles. The van der Waals surface area contributed by atoms with E-state index in [1.54, 1.807) is 0 Å². The van der Waals surface area contributed by atoms with Crippen molar-refractivity contribution >= 4 is 34.8 Å². The van der Waals surface area contributed by atoms with Crippen LogP contribution in [0.3, 0.4) is 0 Å². The van der Waals surface area contributed by atoms with Crippen LogP contribution < -0.4 is 5.32 Å². The molecule has 1 amide bonds. The van der Waals surface area contributed by atoms with E-state index < -0.39 is 0 Å². The lowest BCUT2D eigenvalue weighted by atomic mass is 10.5. The molecule has 7 heteroatoms. The summed E-state index contributed by atoms with van der Waals surface area (Å²) in [5.41, 5.74) is 0.205. The number of nitrogens with one attached hydrogen (secondary N) is 1. The number of carbonyl (C=O) groups is 1. The van der Waals surface area contributed by atoms with Crippen LogP contribution in [0.25, 0.3) is 0 Å². The van der Waals surface area contributed by atoms with E-state index in [1.165, 1.54) is 6.33 Å². The molecule has 0 saturated heterocycles. The van der Waals surface area contributed by atoms with Gasteiger partial charge in [0.05, 0.1) is 0 Å². The summed E-state index contributed by atoms with van der Waals surface area (Å²) >= 11 is 11.5. The van der Waals surface area contributed by atoms with Crippen molar-refractivity contribution in [2.75, 3.05) is 18.5 Å². The summed E-state index contributed by atoms with van der Waals surface area (Å²) in [7, 11) is 0. The number of carbonyl (C=O) groups excluding carboxylic acids is 1. The molecule has 1 rings (SSSR count). The topological polar surface area (TPSA) is 64.1 Å². The molecular formula is C9H11Cl2N3O2. The summed E-state index contributed by atoms with van der Waals surface area (Å²) in [4.78, 5) is 18.8. The highest BCUT2D eigenvalue weighted by molar-refractivity contribution is 6.38. The van der Waals surface area contributed by atoms with Gasteiger partial charge in [0.25, 0.3) is 5.91 Å². The average Bonchev–Trinajstić information content (AvgIpc) is 2.24. The molecule has 1 aromatic heterocycles. The minimum Gasteiger partial charge on any atom is -0.372 e. The number of halogens is 2. The highest BCUT2D eigenvalue weighted by Gasteiger charge is 2.11. The number of hydrogen-bond donors (Lipinski definition) is 1. The van der Waals surface area contributed by atoms with E-state index in [-0.39, 0.29) is 28.5 Å². The average molecular weight is 264 g/mol. The molecule has 1 aromatic rings. The van der Waals surface area contributed by atoms with Crippen molar-refractivity contribution in [1.82, 2.24) is 9.97 Å². The van der Waals surface area contributed by atoms with Crippen molar-refractivity contribution in [3.8, 4) is 0 Å². The number of hydrogen-bond acceptors (Lipinski definition) is 4. The summed E-state index contributed by atoms with van der Waals surface area (Å²) in [5, 5.41) is 2.69. The smallest absolute Gasteiger partial charge is 0.250 e. The highest BCUT2D eigenvalue weighted by Crippen LogP contribution is 2.25. The molecule has 88 valence electrons. The summed E-state index contributed by atoms with van der Waals surface area (Å²) in [5.74, 6) is -0.341. The van der Waals surface area contributed by atoms with Gasteiger partial charge in [-0.25, -0.2) is 9.97 Å². The van der Waals surface area contributed by atoms with Gasteiger partial charge in [0.2, 0.25) is 0 Å². The Hall–Kier alpha value is -0.910. The lowest BCUT2D eigenvalue weighted by Gasteiger charge is -2.07. The zero-order chi connectivity index (χ0) is 12.0. The summed E-state index contributed by atoms with van der Waals surface area (Å²) < 4.78 is 5.06. The van der Waals surface area contributed by atoms with E-state index in [9.17, 15) is 4.79 Å². The van der Waals surface area contributed by atoms with Gasteiger partial charge in [-0.15, -0.1) is 0 Å². The Bertz CT molecular complexity index is 354. The Morgan fingerprint density at radius 1 is 1.44 bits per heavy atom. The minimum absolute atomic E-state index is 0.0462. The van der Waals surface area contributed by atoms with Gasteiger partial charge in [-0.1, -0.05) is 30.1 Å². The van der Waals surface area contributed by atoms with Crippen LogP contribution in [0.4, 0.5) is 5.69 Å². The van der Waals surface area contributed by atoms with Crippen molar-refractivity contribution in [3.05, 3.63) is 16.6 Å². The molecule has 0 aliphatic carbocycles. The third kappa shape index (κ3) is 3.92. The largest absolute Gasteiger partial charge is 0.372 e. The maximum atomic E-state index is 11.4. The Balaban J connectivity index is 2.56. The second kappa shape index (κ2) is 6.62. The van der Waals surface area contributed by atoms with Gasteiger partial charge < -0.3 is 10.1 Å². The number of rotatable bonds is 5. The Morgan fingerprint density at radius 2 is 2.06 bits per heavy atom. The van der Waals surface area contributed by atoms with Crippen LogP contribution in [0.5, 0.6) is 0 Å². The van der Waals surface area contributed by atoms with Crippen molar-refractivity contribution in [1.29, 1.82) is 0 Å². The molecule has 0 radical (unpaired) electrons. The molecule has 0 spiro atoms. The van der Waals surface area contributed by atoms with E-state index in [2.05, 4.69) is 15.3 Å². The summed E-state index contributed by atoms with van der Waals surface area (Å²) in [6.07, 6.45) is 2.07. The SMILES string of the molecule is CCCOCC(=O)Nc1c(Cl)ncnc1Cl. The van der Waals surface area contributed by atoms with Crippen molar-refractivity contribution in [3.63, 3.8) is 0 Å². The van der Waals surface area contributed by atoms with E-state index in [0.29, 0.717) is 6.61 Å². The lowest BCUT2D eigenvalue weighted by Crippen LogP contribution is -2.19. The van der Waals surface area contributed by atoms with E-state index in [4.69, 9.17) is 27.9 Å². The molecule has 0 atom stereocenters. The van der Waals surface area contributed by atoms with Gasteiger partial charge >= 0.3 is 0 Å². The molecule has 0 bridgehead atoms. The molecule has 0 fully saturated rings. The number of aromatic nitrogens is 2. The molecule has 16 heavy (non-hydrogen) atoms. The normalized spacial score (nSPS) is 10.2.